The first-order valence-electron chi connectivity index (χ1n) is 7.22. The van der Waals surface area contributed by atoms with E-state index in [0.29, 0.717) is 0 Å². The summed E-state index contributed by atoms with van der Waals surface area (Å²) in [5.41, 5.74) is 1.25. The summed E-state index contributed by atoms with van der Waals surface area (Å²) in [4.78, 5) is 0. The zero-order chi connectivity index (χ0) is 14.4. The number of rotatable bonds is 6. The van der Waals surface area contributed by atoms with Gasteiger partial charge in [-0.1, -0.05) is 13.0 Å². The predicted molar refractivity (Wildman–Crippen MR) is 91.2 cm³/mol. The average Bonchev–Trinajstić information content (AvgIpc) is 2.44. The van der Waals surface area contributed by atoms with Crippen LogP contribution in [-0.4, -0.2) is 12.6 Å². The minimum absolute atomic E-state index is 0.195. The van der Waals surface area contributed by atoms with Gasteiger partial charge in [0.25, 0.3) is 0 Å². The molecular formula is C16H21Br2NO. The van der Waals surface area contributed by atoms with E-state index in [1.807, 2.05) is 0 Å². The van der Waals surface area contributed by atoms with E-state index in [0.717, 1.165) is 40.6 Å². The first kappa shape index (κ1) is 16.1. The van der Waals surface area contributed by atoms with Crippen molar-refractivity contribution in [3.63, 3.8) is 0 Å². The summed E-state index contributed by atoms with van der Waals surface area (Å²) < 4.78 is 8.12. The number of halogens is 2. The maximum absolute atomic E-state index is 6.10. The Morgan fingerprint density at radius 1 is 1.30 bits per heavy atom. The van der Waals surface area contributed by atoms with Crippen molar-refractivity contribution < 1.29 is 4.74 Å². The lowest BCUT2D eigenvalue weighted by Crippen LogP contribution is -2.17. The van der Waals surface area contributed by atoms with Crippen LogP contribution >= 0.6 is 31.9 Å². The minimum atomic E-state index is 0.195. The number of ether oxygens (including phenoxy) is 1. The molecule has 0 aromatic heterocycles. The fourth-order valence-corrected chi connectivity index (χ4v) is 3.74. The van der Waals surface area contributed by atoms with Crippen LogP contribution in [0.5, 0.6) is 5.75 Å². The fraction of sp³-hybridized carbons (Fsp3) is 0.500. The van der Waals surface area contributed by atoms with E-state index in [9.17, 15) is 0 Å². The molecule has 0 bridgehead atoms. The minimum Gasteiger partial charge on any atom is -0.484 e. The van der Waals surface area contributed by atoms with Gasteiger partial charge in [0.2, 0.25) is 0 Å². The number of hydrogen-bond donors (Lipinski definition) is 1. The summed E-state index contributed by atoms with van der Waals surface area (Å²) in [5.74, 6) is 0.904. The first-order chi connectivity index (χ1) is 9.70. The molecule has 0 radical (unpaired) electrons. The van der Waals surface area contributed by atoms with Crippen molar-refractivity contribution >= 4 is 31.9 Å². The number of nitrogens with one attached hydrogen (secondary N) is 1. The topological polar surface area (TPSA) is 21.3 Å². The van der Waals surface area contributed by atoms with Crippen LogP contribution in [0.2, 0.25) is 0 Å². The number of allylic oxidation sites excluding steroid dienone is 1. The molecule has 1 unspecified atom stereocenters. The Morgan fingerprint density at radius 3 is 2.65 bits per heavy atom. The molecule has 1 aliphatic carbocycles. The van der Waals surface area contributed by atoms with Gasteiger partial charge in [0, 0.05) is 6.54 Å². The number of benzene rings is 1. The molecule has 1 aliphatic rings. The fourth-order valence-electron chi connectivity index (χ4n) is 2.27. The zero-order valence-electron chi connectivity index (χ0n) is 11.8. The quantitative estimate of drug-likeness (QED) is 0.521. The number of hydrogen-bond acceptors (Lipinski definition) is 2. The van der Waals surface area contributed by atoms with Gasteiger partial charge >= 0.3 is 0 Å². The van der Waals surface area contributed by atoms with Crippen LogP contribution in [0.3, 0.4) is 0 Å². The zero-order valence-corrected chi connectivity index (χ0v) is 15.0. The Balaban J connectivity index is 2.05. The molecule has 2 rings (SSSR count). The van der Waals surface area contributed by atoms with E-state index >= 15 is 0 Å². The second-order valence-electron chi connectivity index (χ2n) is 5.08. The predicted octanol–water partition coefficient (Wildman–Crippen LogP) is 5.20. The lowest BCUT2D eigenvalue weighted by atomic mass is 10.1. The third-order valence-electron chi connectivity index (χ3n) is 3.29. The standard InChI is InChI=1S/C16H21Br2NO/c1-2-8-19-11-12-9-14(17)16(15(18)10-12)20-13-6-4-3-5-7-13/h4,6,9-10,13,19H,2-3,5,7-8,11H2,1H3. The summed E-state index contributed by atoms with van der Waals surface area (Å²) in [6, 6.07) is 4.27. The van der Waals surface area contributed by atoms with Gasteiger partial charge in [-0.2, -0.15) is 0 Å². The van der Waals surface area contributed by atoms with E-state index in [2.05, 4.69) is 68.4 Å². The molecule has 2 nitrogen and oxygen atoms in total. The van der Waals surface area contributed by atoms with Crippen molar-refractivity contribution in [1.29, 1.82) is 0 Å². The molecule has 1 N–H and O–H groups in total. The van der Waals surface area contributed by atoms with Gasteiger partial charge in [-0.05, 0) is 87.9 Å². The second-order valence-corrected chi connectivity index (χ2v) is 6.79. The molecule has 0 amide bonds. The van der Waals surface area contributed by atoms with Gasteiger partial charge < -0.3 is 10.1 Å². The first-order valence-corrected chi connectivity index (χ1v) is 8.81. The van der Waals surface area contributed by atoms with Gasteiger partial charge in [-0.3, -0.25) is 0 Å². The lowest BCUT2D eigenvalue weighted by Gasteiger charge is -2.21. The SMILES string of the molecule is CCCNCc1cc(Br)c(OC2C=CCCC2)c(Br)c1. The third kappa shape index (κ3) is 4.61. The van der Waals surface area contributed by atoms with Crippen LogP contribution < -0.4 is 10.1 Å². The highest BCUT2D eigenvalue weighted by molar-refractivity contribution is 9.11. The van der Waals surface area contributed by atoms with E-state index < -0.39 is 0 Å². The van der Waals surface area contributed by atoms with E-state index in [1.165, 1.54) is 18.4 Å². The highest BCUT2D eigenvalue weighted by Gasteiger charge is 2.15. The van der Waals surface area contributed by atoms with Crippen molar-refractivity contribution in [2.24, 2.45) is 0 Å². The summed E-state index contributed by atoms with van der Waals surface area (Å²) >= 11 is 7.25. The van der Waals surface area contributed by atoms with Gasteiger partial charge in [0.1, 0.15) is 11.9 Å². The molecule has 0 heterocycles. The third-order valence-corrected chi connectivity index (χ3v) is 4.47. The van der Waals surface area contributed by atoms with Crippen LogP contribution in [0.4, 0.5) is 0 Å². The van der Waals surface area contributed by atoms with Gasteiger partial charge in [-0.15, -0.1) is 0 Å². The largest absolute Gasteiger partial charge is 0.484 e. The van der Waals surface area contributed by atoms with Crippen LogP contribution in [0.1, 0.15) is 38.2 Å². The molecule has 1 aromatic carbocycles. The van der Waals surface area contributed by atoms with Gasteiger partial charge in [0.05, 0.1) is 8.95 Å². The maximum atomic E-state index is 6.10. The van der Waals surface area contributed by atoms with Crippen LogP contribution in [0, 0.1) is 0 Å². The van der Waals surface area contributed by atoms with Gasteiger partial charge in [-0.25, -0.2) is 0 Å². The van der Waals surface area contributed by atoms with Crippen LogP contribution in [0.25, 0.3) is 0 Å². The van der Waals surface area contributed by atoms with E-state index in [-0.39, 0.29) is 6.10 Å². The van der Waals surface area contributed by atoms with Crippen LogP contribution in [0.15, 0.2) is 33.2 Å². The monoisotopic (exact) mass is 401 g/mol. The molecule has 0 saturated heterocycles. The normalized spacial score (nSPS) is 18.2. The molecular weight excluding hydrogens is 382 g/mol. The molecule has 4 heteroatoms. The van der Waals surface area contributed by atoms with Crippen molar-refractivity contribution in [3.05, 3.63) is 38.8 Å². The summed E-state index contributed by atoms with van der Waals surface area (Å²) in [6.45, 7) is 4.10. The van der Waals surface area contributed by atoms with Crippen molar-refractivity contribution in [1.82, 2.24) is 5.32 Å². The Bertz CT molecular complexity index is 451. The summed E-state index contributed by atoms with van der Waals surface area (Å²) in [7, 11) is 0. The maximum Gasteiger partial charge on any atom is 0.148 e. The average molecular weight is 403 g/mol. The molecule has 1 atom stereocenters. The van der Waals surface area contributed by atoms with Crippen molar-refractivity contribution in [3.8, 4) is 5.75 Å². The highest BCUT2D eigenvalue weighted by Crippen LogP contribution is 2.36. The van der Waals surface area contributed by atoms with Gasteiger partial charge in [0.15, 0.2) is 0 Å². The summed E-state index contributed by atoms with van der Waals surface area (Å²) in [5, 5.41) is 3.41. The molecule has 20 heavy (non-hydrogen) atoms. The highest BCUT2D eigenvalue weighted by atomic mass is 79.9. The Hall–Kier alpha value is -0.320. The molecule has 110 valence electrons. The van der Waals surface area contributed by atoms with E-state index in [1.54, 1.807) is 0 Å². The molecule has 0 saturated carbocycles. The second kappa shape index (κ2) is 8.20. The van der Waals surface area contributed by atoms with Crippen LogP contribution in [-0.2, 0) is 6.54 Å². The van der Waals surface area contributed by atoms with E-state index in [4.69, 9.17) is 4.74 Å². The smallest absolute Gasteiger partial charge is 0.148 e. The Morgan fingerprint density at radius 2 is 2.05 bits per heavy atom. The molecule has 0 aliphatic heterocycles. The van der Waals surface area contributed by atoms with Crippen molar-refractivity contribution in [2.75, 3.05) is 6.54 Å². The molecule has 1 aromatic rings. The Kier molecular flexibility index (Phi) is 6.59. The summed E-state index contributed by atoms with van der Waals surface area (Å²) in [6.07, 6.45) is 9.19. The Labute approximate surface area is 138 Å². The van der Waals surface area contributed by atoms with Crippen molar-refractivity contribution in [2.45, 2.75) is 45.3 Å². The lowest BCUT2D eigenvalue weighted by molar-refractivity contribution is 0.227. The molecule has 0 fully saturated rings. The molecule has 0 spiro atoms.